The number of para-hydroxylation sites is 2. The summed E-state index contributed by atoms with van der Waals surface area (Å²) in [4.78, 5) is 10.0. The zero-order valence-electron chi connectivity index (χ0n) is 27.0. The van der Waals surface area contributed by atoms with Crippen LogP contribution in [-0.2, 0) is 0 Å². The van der Waals surface area contributed by atoms with E-state index in [1.165, 1.54) is 21.8 Å². The van der Waals surface area contributed by atoms with E-state index in [-0.39, 0.29) is 0 Å². The SMILES string of the molecule is c1ccc(-c2cc(-c3ccc4oc5cc(-c6ccc7c(c6)c6ccccc6n7-c6ccccc6)ccc5c4c3)nc(-c3ccccc3)n2)cc1. The zero-order valence-corrected chi connectivity index (χ0v) is 27.0. The molecule has 234 valence electrons. The molecule has 0 radical (unpaired) electrons. The van der Waals surface area contributed by atoms with Crippen molar-refractivity contribution in [1.29, 1.82) is 0 Å². The van der Waals surface area contributed by atoms with Crippen LogP contribution in [0.25, 0.3) is 94.5 Å². The van der Waals surface area contributed by atoms with E-state index in [1.54, 1.807) is 0 Å². The Morgan fingerprint density at radius 2 is 0.960 bits per heavy atom. The molecule has 0 spiro atoms. The van der Waals surface area contributed by atoms with Crippen molar-refractivity contribution in [3.63, 3.8) is 0 Å². The van der Waals surface area contributed by atoms with Crippen LogP contribution in [-0.4, -0.2) is 14.5 Å². The molecule has 0 bridgehead atoms. The van der Waals surface area contributed by atoms with Crippen LogP contribution in [0.15, 0.2) is 180 Å². The fraction of sp³-hybridized carbons (Fsp3) is 0. The number of rotatable bonds is 5. The third kappa shape index (κ3) is 4.69. The number of nitrogens with zero attached hydrogens (tertiary/aromatic N) is 3. The van der Waals surface area contributed by atoms with E-state index in [2.05, 4.69) is 144 Å². The van der Waals surface area contributed by atoms with Crippen molar-refractivity contribution in [1.82, 2.24) is 14.5 Å². The van der Waals surface area contributed by atoms with Crippen LogP contribution in [0.1, 0.15) is 0 Å². The maximum absolute atomic E-state index is 6.47. The second kappa shape index (κ2) is 11.4. The van der Waals surface area contributed by atoms with Gasteiger partial charge in [0.2, 0.25) is 0 Å². The van der Waals surface area contributed by atoms with Gasteiger partial charge in [-0.2, -0.15) is 0 Å². The van der Waals surface area contributed by atoms with Gasteiger partial charge in [-0.3, -0.25) is 0 Å². The van der Waals surface area contributed by atoms with Gasteiger partial charge >= 0.3 is 0 Å². The van der Waals surface area contributed by atoms with E-state index in [0.29, 0.717) is 5.82 Å². The van der Waals surface area contributed by atoms with Gasteiger partial charge in [0, 0.05) is 43.9 Å². The lowest BCUT2D eigenvalue weighted by Gasteiger charge is -2.09. The molecule has 0 fully saturated rings. The Kier molecular flexibility index (Phi) is 6.46. The molecule has 0 N–H and O–H groups in total. The Morgan fingerprint density at radius 1 is 0.360 bits per heavy atom. The monoisotopic (exact) mass is 639 g/mol. The molecule has 0 saturated carbocycles. The second-order valence-electron chi connectivity index (χ2n) is 12.6. The molecule has 3 heterocycles. The number of furan rings is 1. The predicted molar refractivity (Wildman–Crippen MR) is 205 cm³/mol. The Balaban J connectivity index is 1.08. The first-order chi connectivity index (χ1) is 24.8. The van der Waals surface area contributed by atoms with E-state index < -0.39 is 0 Å². The second-order valence-corrected chi connectivity index (χ2v) is 12.6. The van der Waals surface area contributed by atoms with E-state index in [1.807, 2.05) is 36.4 Å². The summed E-state index contributed by atoms with van der Waals surface area (Å²) in [5.41, 5.74) is 12.3. The average Bonchev–Trinajstić information content (AvgIpc) is 3.73. The van der Waals surface area contributed by atoms with Gasteiger partial charge in [0.1, 0.15) is 11.2 Å². The topological polar surface area (TPSA) is 43.9 Å². The Bertz CT molecular complexity index is 2800. The third-order valence-corrected chi connectivity index (χ3v) is 9.62. The summed E-state index contributed by atoms with van der Waals surface area (Å²) in [7, 11) is 0. The standard InChI is InChI=1S/C46H29N3O/c1-4-12-30(13-5-1)40-29-41(48-46(47-40)31-14-6-2-7-15-31)34-22-25-44-39(27-34)37-23-20-33(28-45(37)50-44)32-21-24-43-38(26-32)36-18-10-11-19-42(36)49(43)35-16-8-3-9-17-35/h1-29H. The lowest BCUT2D eigenvalue weighted by Crippen LogP contribution is -1.95. The molecule has 10 rings (SSSR count). The fourth-order valence-electron chi connectivity index (χ4n) is 7.19. The molecule has 4 heteroatoms. The predicted octanol–water partition coefficient (Wildman–Crippen LogP) is 12.1. The fourth-order valence-corrected chi connectivity index (χ4v) is 7.19. The van der Waals surface area contributed by atoms with E-state index in [0.717, 1.165) is 66.8 Å². The Morgan fingerprint density at radius 3 is 1.76 bits per heavy atom. The first kappa shape index (κ1) is 28.3. The van der Waals surface area contributed by atoms with E-state index in [4.69, 9.17) is 14.4 Å². The van der Waals surface area contributed by atoms with Crippen LogP contribution in [0.4, 0.5) is 0 Å². The quantitative estimate of drug-likeness (QED) is 0.188. The third-order valence-electron chi connectivity index (χ3n) is 9.62. The molecule has 0 atom stereocenters. The van der Waals surface area contributed by atoms with Crippen molar-refractivity contribution in [2.24, 2.45) is 0 Å². The summed E-state index contributed by atoms with van der Waals surface area (Å²) < 4.78 is 8.82. The van der Waals surface area contributed by atoms with Crippen molar-refractivity contribution < 1.29 is 4.42 Å². The molecule has 10 aromatic rings. The number of aromatic nitrogens is 3. The summed E-state index contributed by atoms with van der Waals surface area (Å²) in [6, 6.07) is 61.4. The molecule has 50 heavy (non-hydrogen) atoms. The molecular weight excluding hydrogens is 611 g/mol. The van der Waals surface area contributed by atoms with E-state index >= 15 is 0 Å². The lowest BCUT2D eigenvalue weighted by molar-refractivity contribution is 0.669. The molecule has 0 saturated heterocycles. The molecule has 0 aliphatic rings. The van der Waals surface area contributed by atoms with Crippen molar-refractivity contribution in [2.75, 3.05) is 0 Å². The maximum Gasteiger partial charge on any atom is 0.160 e. The molecule has 0 aliphatic heterocycles. The Hall–Kier alpha value is -6.78. The van der Waals surface area contributed by atoms with Crippen LogP contribution in [0, 0.1) is 0 Å². The summed E-state index contributed by atoms with van der Waals surface area (Å²) in [6.45, 7) is 0. The van der Waals surface area contributed by atoms with Gasteiger partial charge in [0.05, 0.1) is 22.4 Å². The number of fused-ring (bicyclic) bond motifs is 6. The smallest absolute Gasteiger partial charge is 0.160 e. The molecule has 0 unspecified atom stereocenters. The summed E-state index contributed by atoms with van der Waals surface area (Å²) in [6.07, 6.45) is 0. The van der Waals surface area contributed by atoms with Gasteiger partial charge in [-0.1, -0.05) is 109 Å². The van der Waals surface area contributed by atoms with Crippen LogP contribution >= 0.6 is 0 Å². The van der Waals surface area contributed by atoms with Gasteiger partial charge in [-0.15, -0.1) is 0 Å². The molecule has 0 aliphatic carbocycles. The highest BCUT2D eigenvalue weighted by atomic mass is 16.3. The zero-order chi connectivity index (χ0) is 33.0. The summed E-state index contributed by atoms with van der Waals surface area (Å²) in [5, 5.41) is 4.60. The minimum absolute atomic E-state index is 0.701. The van der Waals surface area contributed by atoms with E-state index in [9.17, 15) is 0 Å². The molecular formula is C46H29N3O. The van der Waals surface area contributed by atoms with Crippen molar-refractivity contribution in [3.05, 3.63) is 176 Å². The van der Waals surface area contributed by atoms with Crippen molar-refractivity contribution in [3.8, 4) is 50.7 Å². The summed E-state index contributed by atoms with van der Waals surface area (Å²) in [5.74, 6) is 0.701. The first-order valence-corrected chi connectivity index (χ1v) is 16.8. The minimum atomic E-state index is 0.701. The van der Waals surface area contributed by atoms with Gasteiger partial charge in [0.25, 0.3) is 0 Å². The molecule has 0 amide bonds. The molecule has 3 aromatic heterocycles. The minimum Gasteiger partial charge on any atom is -0.456 e. The van der Waals surface area contributed by atoms with Gasteiger partial charge in [0.15, 0.2) is 5.82 Å². The normalized spacial score (nSPS) is 11.6. The summed E-state index contributed by atoms with van der Waals surface area (Å²) >= 11 is 0. The largest absolute Gasteiger partial charge is 0.456 e. The van der Waals surface area contributed by atoms with Gasteiger partial charge in [-0.25, -0.2) is 9.97 Å². The van der Waals surface area contributed by atoms with Crippen molar-refractivity contribution >= 4 is 43.7 Å². The van der Waals surface area contributed by atoms with Crippen LogP contribution < -0.4 is 0 Å². The van der Waals surface area contributed by atoms with Crippen molar-refractivity contribution in [2.45, 2.75) is 0 Å². The van der Waals surface area contributed by atoms with Crippen LogP contribution in [0.2, 0.25) is 0 Å². The Labute approximate surface area is 288 Å². The highest BCUT2D eigenvalue weighted by Gasteiger charge is 2.16. The average molecular weight is 640 g/mol. The molecule has 7 aromatic carbocycles. The lowest BCUT2D eigenvalue weighted by atomic mass is 10.0. The van der Waals surface area contributed by atoms with Gasteiger partial charge in [-0.05, 0) is 77.9 Å². The first-order valence-electron chi connectivity index (χ1n) is 16.8. The number of hydrogen-bond donors (Lipinski definition) is 0. The van der Waals surface area contributed by atoms with Gasteiger partial charge < -0.3 is 8.98 Å². The highest BCUT2D eigenvalue weighted by Crippen LogP contribution is 2.38. The van der Waals surface area contributed by atoms with Crippen LogP contribution in [0.3, 0.4) is 0 Å². The highest BCUT2D eigenvalue weighted by molar-refractivity contribution is 6.11. The number of benzene rings is 7. The van der Waals surface area contributed by atoms with Crippen LogP contribution in [0.5, 0.6) is 0 Å². The number of hydrogen-bond acceptors (Lipinski definition) is 3. The maximum atomic E-state index is 6.47. The molecule has 4 nitrogen and oxygen atoms in total.